The van der Waals surface area contributed by atoms with Crippen LogP contribution in [0.25, 0.3) is 0 Å². The largest absolute Gasteiger partial charge is 0.286 e. The number of halogens is 1. The van der Waals surface area contributed by atoms with Crippen LogP contribution in [-0.4, -0.2) is 15.6 Å². The molecule has 0 atom stereocenters. The zero-order valence-corrected chi connectivity index (χ0v) is 12.2. The van der Waals surface area contributed by atoms with Crippen molar-refractivity contribution in [1.82, 2.24) is 9.78 Å². The van der Waals surface area contributed by atoms with E-state index in [9.17, 15) is 4.79 Å². The minimum Gasteiger partial charge on any atom is -0.286 e. The number of rotatable bonds is 4. The summed E-state index contributed by atoms with van der Waals surface area (Å²) >= 11 is 7.56. The first kappa shape index (κ1) is 13.3. The Balaban J connectivity index is 2.49. The number of hydrogen-bond donors (Lipinski definition) is 0. The van der Waals surface area contributed by atoms with Crippen molar-refractivity contribution < 1.29 is 4.79 Å². The number of ketones is 1. The van der Waals surface area contributed by atoms with E-state index in [1.807, 2.05) is 32.2 Å². The van der Waals surface area contributed by atoms with E-state index >= 15 is 0 Å². The second-order valence-electron chi connectivity index (χ2n) is 4.34. The third-order valence-electron chi connectivity index (χ3n) is 2.79. The first-order chi connectivity index (χ1) is 8.56. The van der Waals surface area contributed by atoms with Crippen LogP contribution in [0.2, 0.25) is 5.02 Å². The molecule has 0 saturated heterocycles. The van der Waals surface area contributed by atoms with Gasteiger partial charge in [-0.2, -0.15) is 5.10 Å². The van der Waals surface area contributed by atoms with Gasteiger partial charge in [-0.05, 0) is 37.3 Å². The third kappa shape index (κ3) is 2.22. The summed E-state index contributed by atoms with van der Waals surface area (Å²) in [7, 11) is 0. The van der Waals surface area contributed by atoms with Gasteiger partial charge in [0.15, 0.2) is 0 Å². The van der Waals surface area contributed by atoms with Gasteiger partial charge in [-0.1, -0.05) is 18.5 Å². The van der Waals surface area contributed by atoms with E-state index in [1.54, 1.807) is 4.68 Å². The molecule has 2 heterocycles. The van der Waals surface area contributed by atoms with E-state index in [2.05, 4.69) is 5.10 Å². The van der Waals surface area contributed by atoms with Crippen molar-refractivity contribution in [3.8, 4) is 0 Å². The molecular formula is C13H15ClN2OS. The molecule has 2 aromatic heterocycles. The minimum absolute atomic E-state index is 0.0296. The van der Waals surface area contributed by atoms with Gasteiger partial charge in [0.05, 0.1) is 16.1 Å². The average Bonchev–Trinajstić information content (AvgIpc) is 2.93. The summed E-state index contributed by atoms with van der Waals surface area (Å²) in [6.07, 6.45) is 2.38. The molecule has 0 aliphatic carbocycles. The van der Waals surface area contributed by atoms with Crippen LogP contribution in [0.5, 0.6) is 0 Å². The van der Waals surface area contributed by atoms with Crippen LogP contribution in [0, 0.1) is 0 Å². The van der Waals surface area contributed by atoms with Crippen LogP contribution >= 0.6 is 22.9 Å². The first-order valence-electron chi connectivity index (χ1n) is 5.90. The Kier molecular flexibility index (Phi) is 3.88. The van der Waals surface area contributed by atoms with Gasteiger partial charge in [0.25, 0.3) is 0 Å². The number of nitrogens with zero attached hydrogens (tertiary/aromatic N) is 2. The monoisotopic (exact) mass is 282 g/mol. The van der Waals surface area contributed by atoms with Crippen molar-refractivity contribution in [3.63, 3.8) is 0 Å². The van der Waals surface area contributed by atoms with Gasteiger partial charge in [0, 0.05) is 6.04 Å². The summed E-state index contributed by atoms with van der Waals surface area (Å²) in [5, 5.41) is 6.53. The molecule has 0 N–H and O–H groups in total. The second kappa shape index (κ2) is 5.24. The van der Waals surface area contributed by atoms with Crippen LogP contribution in [0.4, 0.5) is 0 Å². The van der Waals surface area contributed by atoms with Crippen molar-refractivity contribution in [2.24, 2.45) is 0 Å². The highest BCUT2D eigenvalue weighted by Crippen LogP contribution is 2.26. The molecule has 0 aromatic carbocycles. The molecule has 0 bridgehead atoms. The standard InChI is InChI=1S/C13H15ClN2OS/c1-4-9-5-6-18-13(9)12(17)11-10(14)7-15-16(11)8(2)3/h5-8H,4H2,1-3H3. The fraction of sp³-hybridized carbons (Fsp3) is 0.385. The Labute approximate surface area is 115 Å². The molecule has 0 radical (unpaired) electrons. The molecule has 0 saturated carbocycles. The van der Waals surface area contributed by atoms with E-state index in [-0.39, 0.29) is 11.8 Å². The maximum atomic E-state index is 12.6. The average molecular weight is 283 g/mol. The smallest absolute Gasteiger partial charge is 0.222 e. The van der Waals surface area contributed by atoms with Crippen LogP contribution in [0.3, 0.4) is 0 Å². The van der Waals surface area contributed by atoms with Gasteiger partial charge < -0.3 is 0 Å². The van der Waals surface area contributed by atoms with Gasteiger partial charge >= 0.3 is 0 Å². The molecule has 2 rings (SSSR count). The molecule has 2 aromatic rings. The maximum absolute atomic E-state index is 12.6. The summed E-state index contributed by atoms with van der Waals surface area (Å²) in [5.74, 6) is -0.0296. The van der Waals surface area contributed by atoms with E-state index in [4.69, 9.17) is 11.6 Å². The second-order valence-corrected chi connectivity index (χ2v) is 5.66. The van der Waals surface area contributed by atoms with Crippen molar-refractivity contribution in [1.29, 1.82) is 0 Å². The van der Waals surface area contributed by atoms with Crippen molar-refractivity contribution >= 4 is 28.7 Å². The highest BCUT2D eigenvalue weighted by atomic mass is 35.5. The Morgan fingerprint density at radius 3 is 2.89 bits per heavy atom. The zero-order chi connectivity index (χ0) is 13.3. The minimum atomic E-state index is -0.0296. The summed E-state index contributed by atoms with van der Waals surface area (Å²) in [5.41, 5.74) is 1.56. The maximum Gasteiger partial charge on any atom is 0.222 e. The highest BCUT2D eigenvalue weighted by molar-refractivity contribution is 7.12. The molecule has 3 nitrogen and oxygen atoms in total. The summed E-state index contributed by atoms with van der Waals surface area (Å²) in [4.78, 5) is 13.3. The van der Waals surface area contributed by atoms with Gasteiger partial charge in [0.2, 0.25) is 5.78 Å². The lowest BCUT2D eigenvalue weighted by Gasteiger charge is -2.10. The number of aromatic nitrogens is 2. The lowest BCUT2D eigenvalue weighted by molar-refractivity contribution is 0.103. The van der Waals surface area contributed by atoms with E-state index in [1.165, 1.54) is 17.5 Å². The summed E-state index contributed by atoms with van der Waals surface area (Å²) in [6.45, 7) is 6.00. The Hall–Kier alpha value is -1.13. The highest BCUT2D eigenvalue weighted by Gasteiger charge is 2.23. The molecule has 0 unspecified atom stereocenters. The van der Waals surface area contributed by atoms with E-state index in [0.29, 0.717) is 10.7 Å². The SMILES string of the molecule is CCc1ccsc1C(=O)c1c(Cl)cnn1C(C)C. The Bertz CT molecular complexity index is 571. The number of thiophene rings is 1. The number of hydrogen-bond acceptors (Lipinski definition) is 3. The molecule has 0 spiro atoms. The molecule has 0 fully saturated rings. The summed E-state index contributed by atoms with van der Waals surface area (Å²) < 4.78 is 1.68. The van der Waals surface area contributed by atoms with E-state index in [0.717, 1.165) is 16.9 Å². The fourth-order valence-electron chi connectivity index (χ4n) is 1.87. The lowest BCUT2D eigenvalue weighted by atomic mass is 10.1. The van der Waals surface area contributed by atoms with Crippen molar-refractivity contribution in [2.45, 2.75) is 33.2 Å². The lowest BCUT2D eigenvalue weighted by Crippen LogP contribution is -2.14. The zero-order valence-electron chi connectivity index (χ0n) is 10.6. The van der Waals surface area contributed by atoms with Crippen LogP contribution in [-0.2, 0) is 6.42 Å². The van der Waals surface area contributed by atoms with Crippen LogP contribution < -0.4 is 0 Å². The molecule has 0 aliphatic rings. The van der Waals surface area contributed by atoms with Gasteiger partial charge in [-0.15, -0.1) is 11.3 Å². The molecule has 18 heavy (non-hydrogen) atoms. The quantitative estimate of drug-likeness (QED) is 0.795. The van der Waals surface area contributed by atoms with Crippen LogP contribution in [0.15, 0.2) is 17.6 Å². The topological polar surface area (TPSA) is 34.9 Å². The predicted octanol–water partition coefficient (Wildman–Crippen LogP) is 3.97. The Morgan fingerprint density at radius 1 is 1.56 bits per heavy atom. The number of aryl methyl sites for hydroxylation is 1. The Morgan fingerprint density at radius 2 is 2.28 bits per heavy atom. The fourth-order valence-corrected chi connectivity index (χ4v) is 3.02. The van der Waals surface area contributed by atoms with Gasteiger partial charge in [-0.25, -0.2) is 0 Å². The van der Waals surface area contributed by atoms with Crippen LogP contribution in [0.1, 0.15) is 47.7 Å². The molecule has 96 valence electrons. The van der Waals surface area contributed by atoms with Gasteiger partial charge in [-0.3, -0.25) is 9.48 Å². The van der Waals surface area contributed by atoms with Crippen molar-refractivity contribution in [2.75, 3.05) is 0 Å². The predicted molar refractivity (Wildman–Crippen MR) is 74.8 cm³/mol. The summed E-state index contributed by atoms with van der Waals surface area (Å²) in [6, 6.07) is 2.10. The first-order valence-corrected chi connectivity index (χ1v) is 7.16. The molecule has 5 heteroatoms. The normalized spacial score (nSPS) is 11.2. The molecule has 0 aliphatic heterocycles. The molecular weight excluding hydrogens is 268 g/mol. The van der Waals surface area contributed by atoms with Crippen molar-refractivity contribution in [3.05, 3.63) is 38.8 Å². The third-order valence-corrected chi connectivity index (χ3v) is 4.02. The van der Waals surface area contributed by atoms with E-state index < -0.39 is 0 Å². The molecule has 0 amide bonds. The van der Waals surface area contributed by atoms with Gasteiger partial charge in [0.1, 0.15) is 5.69 Å². The number of carbonyl (C=O) groups is 1. The number of carbonyl (C=O) groups excluding carboxylic acids is 1.